The Labute approximate surface area is 137 Å². The highest BCUT2D eigenvalue weighted by atomic mass is 19.1. The topological polar surface area (TPSA) is 55.8 Å². The predicted molar refractivity (Wildman–Crippen MR) is 89.0 cm³/mol. The summed E-state index contributed by atoms with van der Waals surface area (Å²) < 4.78 is 14.2. The van der Waals surface area contributed by atoms with Gasteiger partial charge in [0.15, 0.2) is 0 Å². The van der Waals surface area contributed by atoms with Crippen LogP contribution in [0.15, 0.2) is 18.2 Å². The molecule has 0 aliphatic carbocycles. The number of rotatable bonds is 6. The van der Waals surface area contributed by atoms with E-state index in [1.54, 1.807) is 11.0 Å². The van der Waals surface area contributed by atoms with Crippen molar-refractivity contribution >= 4 is 11.7 Å². The number of urea groups is 1. The Hall–Kier alpha value is -1.82. The molecule has 23 heavy (non-hydrogen) atoms. The Balaban J connectivity index is 1.96. The lowest BCUT2D eigenvalue weighted by molar-refractivity contribution is 0.157. The standard InChI is InChI=1S/C17H26FN3O2/c1-3-20(4-2)16-8-7-13(10-15(16)18)11-19-17(23)21-9-5-6-14(21)12-22/h7-8,10,14,22H,3-6,9,11-12H2,1-2H3,(H,19,23). The normalized spacial score (nSPS) is 17.4. The van der Waals surface area contributed by atoms with Crippen molar-refractivity contribution in [2.45, 2.75) is 39.3 Å². The zero-order chi connectivity index (χ0) is 16.8. The molecule has 1 aliphatic rings. The molecule has 1 aliphatic heterocycles. The summed E-state index contributed by atoms with van der Waals surface area (Å²) in [7, 11) is 0. The molecule has 128 valence electrons. The third-order valence-corrected chi connectivity index (χ3v) is 4.41. The van der Waals surface area contributed by atoms with Crippen LogP contribution in [0.25, 0.3) is 0 Å². The molecule has 0 aromatic heterocycles. The van der Waals surface area contributed by atoms with Crippen LogP contribution in [0.3, 0.4) is 0 Å². The van der Waals surface area contributed by atoms with Gasteiger partial charge in [0.1, 0.15) is 5.82 Å². The zero-order valence-electron chi connectivity index (χ0n) is 13.9. The zero-order valence-corrected chi connectivity index (χ0v) is 13.9. The number of nitrogens with zero attached hydrogens (tertiary/aromatic N) is 2. The van der Waals surface area contributed by atoms with Crippen LogP contribution in [0.2, 0.25) is 0 Å². The molecule has 1 aromatic carbocycles. The first-order valence-corrected chi connectivity index (χ1v) is 8.29. The van der Waals surface area contributed by atoms with Crippen LogP contribution in [-0.2, 0) is 6.54 Å². The molecule has 0 radical (unpaired) electrons. The summed E-state index contributed by atoms with van der Waals surface area (Å²) in [6.07, 6.45) is 1.74. The number of hydrogen-bond donors (Lipinski definition) is 2. The number of halogens is 1. The lowest BCUT2D eigenvalue weighted by Crippen LogP contribution is -2.43. The lowest BCUT2D eigenvalue weighted by atomic mass is 10.1. The van der Waals surface area contributed by atoms with Crippen molar-refractivity contribution in [1.29, 1.82) is 0 Å². The van der Waals surface area contributed by atoms with Crippen LogP contribution in [-0.4, -0.2) is 48.3 Å². The highest BCUT2D eigenvalue weighted by Crippen LogP contribution is 2.21. The summed E-state index contributed by atoms with van der Waals surface area (Å²) in [4.78, 5) is 15.7. The van der Waals surface area contributed by atoms with Crippen LogP contribution >= 0.6 is 0 Å². The second-order valence-corrected chi connectivity index (χ2v) is 5.79. The number of nitrogens with one attached hydrogen (secondary N) is 1. The van der Waals surface area contributed by atoms with Gasteiger partial charge in [0.2, 0.25) is 0 Å². The maximum absolute atomic E-state index is 14.2. The second kappa shape index (κ2) is 8.15. The molecule has 1 atom stereocenters. The third-order valence-electron chi connectivity index (χ3n) is 4.41. The summed E-state index contributed by atoms with van der Waals surface area (Å²) >= 11 is 0. The minimum Gasteiger partial charge on any atom is -0.394 e. The van der Waals surface area contributed by atoms with E-state index in [1.165, 1.54) is 6.07 Å². The molecule has 0 spiro atoms. The Morgan fingerprint density at radius 1 is 1.43 bits per heavy atom. The van der Waals surface area contributed by atoms with E-state index in [4.69, 9.17) is 0 Å². The van der Waals surface area contributed by atoms with Gasteiger partial charge in [-0.25, -0.2) is 9.18 Å². The second-order valence-electron chi connectivity index (χ2n) is 5.79. The smallest absolute Gasteiger partial charge is 0.317 e. The van der Waals surface area contributed by atoms with Crippen molar-refractivity contribution in [3.05, 3.63) is 29.6 Å². The number of likely N-dealkylation sites (tertiary alicyclic amines) is 1. The van der Waals surface area contributed by atoms with E-state index in [2.05, 4.69) is 5.32 Å². The van der Waals surface area contributed by atoms with Gasteiger partial charge in [-0.15, -0.1) is 0 Å². The molecular formula is C17H26FN3O2. The number of amides is 2. The molecule has 6 heteroatoms. The van der Waals surface area contributed by atoms with E-state index in [9.17, 15) is 14.3 Å². The predicted octanol–water partition coefficient (Wildman–Crippen LogP) is 2.34. The van der Waals surface area contributed by atoms with Gasteiger partial charge in [0.05, 0.1) is 18.3 Å². The van der Waals surface area contributed by atoms with Crippen LogP contribution in [0.4, 0.5) is 14.9 Å². The minimum atomic E-state index is -0.269. The van der Waals surface area contributed by atoms with Crippen molar-refractivity contribution < 1.29 is 14.3 Å². The number of aliphatic hydroxyl groups is 1. The summed E-state index contributed by atoms with van der Waals surface area (Å²) in [5, 5.41) is 12.1. The molecule has 2 rings (SSSR count). The highest BCUT2D eigenvalue weighted by Gasteiger charge is 2.27. The molecule has 1 unspecified atom stereocenters. The van der Waals surface area contributed by atoms with E-state index < -0.39 is 0 Å². The Kier molecular flexibility index (Phi) is 6.21. The van der Waals surface area contributed by atoms with Gasteiger partial charge >= 0.3 is 6.03 Å². The summed E-state index contributed by atoms with van der Waals surface area (Å²) in [5.41, 5.74) is 1.32. The molecule has 1 heterocycles. The fraction of sp³-hybridized carbons (Fsp3) is 0.588. The first-order chi connectivity index (χ1) is 11.1. The van der Waals surface area contributed by atoms with Gasteiger partial charge in [-0.1, -0.05) is 6.07 Å². The van der Waals surface area contributed by atoms with Gasteiger partial charge in [-0.2, -0.15) is 0 Å². The largest absolute Gasteiger partial charge is 0.394 e. The maximum atomic E-state index is 14.2. The number of anilines is 1. The SMILES string of the molecule is CCN(CC)c1ccc(CNC(=O)N2CCCC2CO)cc1F. The first-order valence-electron chi connectivity index (χ1n) is 8.29. The average molecular weight is 323 g/mol. The van der Waals surface area contributed by atoms with E-state index in [0.717, 1.165) is 31.5 Å². The third kappa shape index (κ3) is 4.13. The van der Waals surface area contributed by atoms with Crippen molar-refractivity contribution in [3.8, 4) is 0 Å². The van der Waals surface area contributed by atoms with Crippen molar-refractivity contribution in [1.82, 2.24) is 10.2 Å². The van der Waals surface area contributed by atoms with E-state index in [1.807, 2.05) is 24.8 Å². The van der Waals surface area contributed by atoms with Crippen LogP contribution in [0.5, 0.6) is 0 Å². The Morgan fingerprint density at radius 3 is 2.78 bits per heavy atom. The van der Waals surface area contributed by atoms with Gasteiger partial charge in [0, 0.05) is 26.2 Å². The fourth-order valence-electron chi connectivity index (χ4n) is 3.05. The Bertz CT molecular complexity index is 535. The average Bonchev–Trinajstić information content (AvgIpc) is 3.04. The van der Waals surface area contributed by atoms with Crippen molar-refractivity contribution in [2.75, 3.05) is 31.1 Å². The number of hydrogen-bond acceptors (Lipinski definition) is 3. The first kappa shape index (κ1) is 17.5. The van der Waals surface area contributed by atoms with Gasteiger partial charge in [0.25, 0.3) is 0 Å². The lowest BCUT2D eigenvalue weighted by Gasteiger charge is -2.24. The molecule has 1 saturated heterocycles. The number of aliphatic hydroxyl groups excluding tert-OH is 1. The molecule has 2 N–H and O–H groups in total. The quantitative estimate of drug-likeness (QED) is 0.845. The highest BCUT2D eigenvalue weighted by molar-refractivity contribution is 5.74. The maximum Gasteiger partial charge on any atom is 0.317 e. The molecule has 0 bridgehead atoms. The molecule has 0 saturated carbocycles. The fourth-order valence-corrected chi connectivity index (χ4v) is 3.05. The number of carbonyl (C=O) groups is 1. The monoisotopic (exact) mass is 323 g/mol. The Morgan fingerprint density at radius 2 is 2.17 bits per heavy atom. The van der Waals surface area contributed by atoms with Gasteiger partial charge in [-0.3, -0.25) is 0 Å². The van der Waals surface area contributed by atoms with E-state index in [-0.39, 0.29) is 31.0 Å². The van der Waals surface area contributed by atoms with Gasteiger partial charge in [-0.05, 0) is 44.4 Å². The summed E-state index contributed by atoms with van der Waals surface area (Å²) in [6.45, 7) is 6.41. The minimum absolute atomic E-state index is 0.0133. The molecule has 5 nitrogen and oxygen atoms in total. The van der Waals surface area contributed by atoms with Crippen LogP contribution < -0.4 is 10.2 Å². The number of carbonyl (C=O) groups excluding carboxylic acids is 1. The molecule has 1 fully saturated rings. The molecule has 2 amide bonds. The van der Waals surface area contributed by atoms with E-state index in [0.29, 0.717) is 12.2 Å². The summed E-state index contributed by atoms with van der Waals surface area (Å²) in [5.74, 6) is -0.269. The van der Waals surface area contributed by atoms with Gasteiger partial charge < -0.3 is 20.2 Å². The summed E-state index contributed by atoms with van der Waals surface area (Å²) in [6, 6.07) is 4.77. The van der Waals surface area contributed by atoms with E-state index >= 15 is 0 Å². The van der Waals surface area contributed by atoms with Crippen molar-refractivity contribution in [3.63, 3.8) is 0 Å². The van der Waals surface area contributed by atoms with Crippen LogP contribution in [0.1, 0.15) is 32.3 Å². The van der Waals surface area contributed by atoms with Crippen LogP contribution in [0, 0.1) is 5.82 Å². The number of benzene rings is 1. The molecular weight excluding hydrogens is 297 g/mol. The molecule has 1 aromatic rings. The van der Waals surface area contributed by atoms with Crippen molar-refractivity contribution in [2.24, 2.45) is 0 Å².